The van der Waals surface area contributed by atoms with Crippen LogP contribution in [0.4, 0.5) is 0 Å². The second-order valence-electron chi connectivity index (χ2n) is 9.70. The molecule has 0 aliphatic heterocycles. The molecule has 4 aliphatic rings. The van der Waals surface area contributed by atoms with Crippen LogP contribution in [-0.2, 0) is 0 Å². The van der Waals surface area contributed by atoms with Crippen molar-refractivity contribution in [1.82, 2.24) is 10.3 Å². The summed E-state index contributed by atoms with van der Waals surface area (Å²) in [7, 11) is 0. The van der Waals surface area contributed by atoms with Crippen LogP contribution in [0.5, 0.6) is 0 Å². The second kappa shape index (κ2) is 6.81. The van der Waals surface area contributed by atoms with Crippen LogP contribution in [0.3, 0.4) is 0 Å². The third kappa shape index (κ3) is 3.02. The zero-order valence-electron chi connectivity index (χ0n) is 16.9. The van der Waals surface area contributed by atoms with Gasteiger partial charge in [0.1, 0.15) is 0 Å². The largest absolute Gasteiger partial charge is 0.347 e. The molecule has 0 spiro atoms. The molecule has 3 aromatic rings. The molecule has 30 heavy (non-hydrogen) atoms. The Balaban J connectivity index is 1.41. The molecule has 0 atom stereocenters. The van der Waals surface area contributed by atoms with Gasteiger partial charge in [-0.25, -0.2) is 4.98 Å². The van der Waals surface area contributed by atoms with Gasteiger partial charge < -0.3 is 5.32 Å². The highest BCUT2D eigenvalue weighted by molar-refractivity contribution is 6.33. The Labute approximate surface area is 181 Å². The fourth-order valence-corrected chi connectivity index (χ4v) is 6.97. The van der Waals surface area contributed by atoms with Gasteiger partial charge in [-0.05, 0) is 74.5 Å². The van der Waals surface area contributed by atoms with E-state index in [0.29, 0.717) is 10.6 Å². The van der Waals surface area contributed by atoms with Crippen molar-refractivity contribution < 1.29 is 4.79 Å². The number of rotatable bonds is 3. The number of carbonyl (C=O) groups is 1. The van der Waals surface area contributed by atoms with Crippen LogP contribution in [0.25, 0.3) is 22.2 Å². The van der Waals surface area contributed by atoms with E-state index in [9.17, 15) is 4.79 Å². The zero-order valence-corrected chi connectivity index (χ0v) is 17.7. The fourth-order valence-electron chi connectivity index (χ4n) is 6.74. The quantitative estimate of drug-likeness (QED) is 0.548. The summed E-state index contributed by atoms with van der Waals surface area (Å²) in [5, 5.41) is 5.07. The molecule has 4 aliphatic carbocycles. The maximum atomic E-state index is 13.6. The number of para-hydroxylation sites is 1. The number of benzene rings is 2. The molecule has 7 rings (SSSR count). The first kappa shape index (κ1) is 18.4. The number of aromatic nitrogens is 1. The van der Waals surface area contributed by atoms with Crippen LogP contribution in [-0.4, -0.2) is 16.4 Å². The van der Waals surface area contributed by atoms with Crippen LogP contribution in [0, 0.1) is 17.8 Å². The molecule has 0 saturated heterocycles. The van der Waals surface area contributed by atoms with E-state index in [1.807, 2.05) is 54.6 Å². The van der Waals surface area contributed by atoms with E-state index in [1.165, 1.54) is 19.3 Å². The van der Waals surface area contributed by atoms with E-state index in [4.69, 9.17) is 16.6 Å². The standard InChI is InChI=1S/C26H25ClN2O/c27-22-7-3-1-6-20(22)24-12-21(19-5-2-4-8-23(19)28-24)25(30)29-26-13-16-9-17(14-26)11-18(10-16)15-26/h1-8,12,16-18H,9-11,13-15H2,(H,29,30). The number of fused-ring (bicyclic) bond motifs is 1. The summed E-state index contributed by atoms with van der Waals surface area (Å²) in [6.45, 7) is 0. The van der Waals surface area contributed by atoms with Gasteiger partial charge in [0.2, 0.25) is 0 Å². The van der Waals surface area contributed by atoms with Gasteiger partial charge in [0.25, 0.3) is 5.91 Å². The number of hydrogen-bond donors (Lipinski definition) is 1. The minimum absolute atomic E-state index is 0.0131. The third-order valence-electron chi connectivity index (χ3n) is 7.53. The first-order valence-electron chi connectivity index (χ1n) is 11.1. The SMILES string of the molecule is O=C(NC12CC3CC(CC(C3)C1)C2)c1cc(-c2ccccc2Cl)nc2ccccc12. The van der Waals surface area contributed by atoms with Crippen molar-refractivity contribution in [3.8, 4) is 11.3 Å². The Kier molecular flexibility index (Phi) is 4.18. The van der Waals surface area contributed by atoms with E-state index in [1.54, 1.807) is 0 Å². The Morgan fingerprint density at radius 3 is 2.27 bits per heavy atom. The summed E-state index contributed by atoms with van der Waals surface area (Å²) < 4.78 is 0. The number of nitrogens with zero attached hydrogens (tertiary/aromatic N) is 1. The molecule has 3 nitrogen and oxygen atoms in total. The van der Waals surface area contributed by atoms with E-state index < -0.39 is 0 Å². The van der Waals surface area contributed by atoms with Gasteiger partial charge in [-0.2, -0.15) is 0 Å². The molecule has 0 unspecified atom stereocenters. The predicted molar refractivity (Wildman–Crippen MR) is 121 cm³/mol. The lowest BCUT2D eigenvalue weighted by atomic mass is 9.53. The van der Waals surface area contributed by atoms with Crippen molar-refractivity contribution in [2.75, 3.05) is 0 Å². The first-order valence-corrected chi connectivity index (χ1v) is 11.4. The smallest absolute Gasteiger partial charge is 0.252 e. The lowest BCUT2D eigenvalue weighted by Gasteiger charge is -2.56. The van der Waals surface area contributed by atoms with Gasteiger partial charge in [0, 0.05) is 21.5 Å². The number of pyridine rings is 1. The molecule has 0 radical (unpaired) electrons. The summed E-state index contributed by atoms with van der Waals surface area (Å²) in [6.07, 6.45) is 7.53. The summed E-state index contributed by atoms with van der Waals surface area (Å²) in [5.74, 6) is 2.42. The van der Waals surface area contributed by atoms with Crippen molar-refractivity contribution in [3.63, 3.8) is 0 Å². The average Bonchev–Trinajstić information content (AvgIpc) is 2.72. The Morgan fingerprint density at radius 1 is 0.933 bits per heavy atom. The van der Waals surface area contributed by atoms with Gasteiger partial charge in [-0.15, -0.1) is 0 Å². The molecule has 1 N–H and O–H groups in total. The summed E-state index contributed by atoms with van der Waals surface area (Å²) in [4.78, 5) is 18.5. The summed E-state index contributed by atoms with van der Waals surface area (Å²) >= 11 is 6.45. The monoisotopic (exact) mass is 416 g/mol. The Morgan fingerprint density at radius 2 is 1.57 bits per heavy atom. The van der Waals surface area contributed by atoms with E-state index in [0.717, 1.165) is 59.2 Å². The second-order valence-corrected chi connectivity index (χ2v) is 10.1. The molecular formula is C26H25ClN2O. The number of amides is 1. The number of nitrogens with one attached hydrogen (secondary N) is 1. The van der Waals surface area contributed by atoms with E-state index >= 15 is 0 Å². The van der Waals surface area contributed by atoms with Crippen LogP contribution >= 0.6 is 11.6 Å². The van der Waals surface area contributed by atoms with Gasteiger partial charge in [0.15, 0.2) is 0 Å². The molecule has 2 aromatic carbocycles. The normalized spacial score (nSPS) is 29.3. The van der Waals surface area contributed by atoms with Crippen molar-refractivity contribution in [2.45, 2.75) is 44.1 Å². The van der Waals surface area contributed by atoms with Crippen molar-refractivity contribution >= 4 is 28.4 Å². The van der Waals surface area contributed by atoms with Crippen molar-refractivity contribution in [1.29, 1.82) is 0 Å². The fraction of sp³-hybridized carbons (Fsp3) is 0.385. The minimum Gasteiger partial charge on any atom is -0.347 e. The van der Waals surface area contributed by atoms with Gasteiger partial charge in [-0.3, -0.25) is 4.79 Å². The molecule has 4 fully saturated rings. The van der Waals surface area contributed by atoms with Crippen LogP contribution in [0.15, 0.2) is 54.6 Å². The minimum atomic E-state index is -0.0131. The number of halogens is 1. The topological polar surface area (TPSA) is 42.0 Å². The molecule has 1 aromatic heterocycles. The van der Waals surface area contributed by atoms with Crippen molar-refractivity contribution in [3.05, 3.63) is 65.2 Å². The first-order chi connectivity index (χ1) is 14.6. The van der Waals surface area contributed by atoms with Crippen LogP contribution < -0.4 is 5.32 Å². The van der Waals surface area contributed by atoms with E-state index in [-0.39, 0.29) is 11.4 Å². The number of carbonyl (C=O) groups excluding carboxylic acids is 1. The van der Waals surface area contributed by atoms with E-state index in [2.05, 4.69) is 5.32 Å². The highest BCUT2D eigenvalue weighted by Crippen LogP contribution is 2.55. The number of hydrogen-bond acceptors (Lipinski definition) is 2. The summed E-state index contributed by atoms with van der Waals surface area (Å²) in [6, 6.07) is 17.5. The summed E-state index contributed by atoms with van der Waals surface area (Å²) in [5.41, 5.74) is 3.11. The lowest BCUT2D eigenvalue weighted by molar-refractivity contribution is -0.0166. The molecular weight excluding hydrogens is 392 g/mol. The molecule has 4 saturated carbocycles. The predicted octanol–water partition coefficient (Wildman–Crippen LogP) is 6.25. The zero-order chi connectivity index (χ0) is 20.3. The molecule has 4 bridgehead atoms. The van der Waals surface area contributed by atoms with Gasteiger partial charge in [0.05, 0.1) is 16.8 Å². The van der Waals surface area contributed by atoms with Gasteiger partial charge >= 0.3 is 0 Å². The molecule has 1 amide bonds. The van der Waals surface area contributed by atoms with Gasteiger partial charge in [-0.1, -0.05) is 48.0 Å². The highest BCUT2D eigenvalue weighted by Gasteiger charge is 2.51. The maximum Gasteiger partial charge on any atom is 0.252 e. The molecule has 152 valence electrons. The van der Waals surface area contributed by atoms with Crippen LogP contribution in [0.1, 0.15) is 48.9 Å². The molecule has 4 heteroatoms. The maximum absolute atomic E-state index is 13.6. The van der Waals surface area contributed by atoms with Crippen LogP contribution in [0.2, 0.25) is 5.02 Å². The Bertz CT molecular complexity index is 1120. The highest BCUT2D eigenvalue weighted by atomic mass is 35.5. The average molecular weight is 417 g/mol. The van der Waals surface area contributed by atoms with Crippen molar-refractivity contribution in [2.24, 2.45) is 17.8 Å². The molecule has 1 heterocycles. The Hall–Kier alpha value is -2.39. The third-order valence-corrected chi connectivity index (χ3v) is 7.86. The lowest BCUT2D eigenvalue weighted by Crippen LogP contribution is -2.59.